The van der Waals surface area contributed by atoms with E-state index in [1.54, 1.807) is 0 Å². The molecule has 0 unspecified atom stereocenters. The van der Waals surface area contributed by atoms with Crippen LogP contribution in [0.25, 0.3) is 0 Å². The Kier molecular flexibility index (Phi) is 3.91. The van der Waals surface area contributed by atoms with Crippen LogP contribution in [-0.2, 0) is 4.79 Å². The lowest BCUT2D eigenvalue weighted by molar-refractivity contribution is -0.132. The molecule has 0 aliphatic carbocycles. The number of nitrogens with zero attached hydrogens (tertiary/aromatic N) is 1. The van der Waals surface area contributed by atoms with Crippen molar-refractivity contribution < 1.29 is 13.6 Å². The van der Waals surface area contributed by atoms with E-state index < -0.39 is 12.3 Å². The minimum Gasteiger partial charge on any atom is -0.346 e. The van der Waals surface area contributed by atoms with Crippen LogP contribution < -0.4 is 5.32 Å². The molecule has 1 aliphatic rings. The summed E-state index contributed by atoms with van der Waals surface area (Å²) in [5.41, 5.74) is 1.04. The molecule has 1 aliphatic heterocycles. The lowest BCUT2D eigenvalue weighted by Crippen LogP contribution is -2.41. The van der Waals surface area contributed by atoms with Crippen LogP contribution in [-0.4, -0.2) is 36.9 Å². The Morgan fingerprint density at radius 3 is 2.67 bits per heavy atom. The number of amides is 1. The molecule has 1 aromatic carbocycles. The highest BCUT2D eigenvalue weighted by Gasteiger charge is 2.35. The predicted molar refractivity (Wildman–Crippen MR) is 64.4 cm³/mol. The molecule has 1 N–H and O–H groups in total. The minimum atomic E-state index is -2.95. The quantitative estimate of drug-likeness (QED) is 0.892. The standard InChI is InChI=1S/C13H16F2N2O/c1-17-8-7-10(16-13(18)12(14)15)11(17)9-5-3-2-4-6-9/h2-6,10-12H,7-8H2,1H3,(H,16,18)/t10-,11-/m0/s1. The molecule has 3 nitrogen and oxygen atoms in total. The highest BCUT2D eigenvalue weighted by atomic mass is 19.3. The van der Waals surface area contributed by atoms with Crippen molar-refractivity contribution in [1.82, 2.24) is 10.2 Å². The number of benzene rings is 1. The molecule has 2 atom stereocenters. The molecule has 0 radical (unpaired) electrons. The molecule has 1 heterocycles. The summed E-state index contributed by atoms with van der Waals surface area (Å²) in [4.78, 5) is 13.2. The van der Waals surface area contributed by atoms with Gasteiger partial charge >= 0.3 is 6.43 Å². The Morgan fingerprint density at radius 1 is 1.39 bits per heavy atom. The van der Waals surface area contributed by atoms with Gasteiger partial charge in [-0.15, -0.1) is 0 Å². The third kappa shape index (κ3) is 2.67. The summed E-state index contributed by atoms with van der Waals surface area (Å²) < 4.78 is 24.6. The van der Waals surface area contributed by atoms with E-state index in [1.165, 1.54) is 0 Å². The molecule has 5 heteroatoms. The average molecular weight is 254 g/mol. The van der Waals surface area contributed by atoms with Gasteiger partial charge < -0.3 is 5.32 Å². The molecule has 0 saturated carbocycles. The van der Waals surface area contributed by atoms with Gasteiger partial charge in [0.1, 0.15) is 0 Å². The van der Waals surface area contributed by atoms with Gasteiger partial charge in [0.25, 0.3) is 5.91 Å². The van der Waals surface area contributed by atoms with Crippen LogP contribution >= 0.6 is 0 Å². The van der Waals surface area contributed by atoms with Gasteiger partial charge in [-0.05, 0) is 19.0 Å². The molecular weight excluding hydrogens is 238 g/mol. The zero-order valence-electron chi connectivity index (χ0n) is 10.1. The zero-order valence-corrected chi connectivity index (χ0v) is 10.1. The molecule has 98 valence electrons. The van der Waals surface area contributed by atoms with E-state index in [4.69, 9.17) is 0 Å². The van der Waals surface area contributed by atoms with Gasteiger partial charge in [0.15, 0.2) is 0 Å². The van der Waals surface area contributed by atoms with Gasteiger partial charge in [-0.25, -0.2) is 0 Å². The maximum atomic E-state index is 12.3. The van der Waals surface area contributed by atoms with Crippen LogP contribution in [0.15, 0.2) is 30.3 Å². The SMILES string of the molecule is CN1CC[C@H](NC(=O)C(F)F)[C@@H]1c1ccccc1. The average Bonchev–Trinajstić information content (AvgIpc) is 2.71. The van der Waals surface area contributed by atoms with Gasteiger partial charge in [0, 0.05) is 12.6 Å². The first-order chi connectivity index (χ1) is 8.59. The van der Waals surface area contributed by atoms with E-state index in [9.17, 15) is 13.6 Å². The number of likely N-dealkylation sites (tertiary alicyclic amines) is 1. The fraction of sp³-hybridized carbons (Fsp3) is 0.462. The summed E-state index contributed by atoms with van der Waals surface area (Å²) >= 11 is 0. The molecule has 2 rings (SSSR count). The van der Waals surface area contributed by atoms with E-state index in [0.29, 0.717) is 6.42 Å². The number of hydrogen-bond acceptors (Lipinski definition) is 2. The summed E-state index contributed by atoms with van der Waals surface area (Å²) in [6, 6.07) is 9.35. The Morgan fingerprint density at radius 2 is 2.06 bits per heavy atom. The summed E-state index contributed by atoms with van der Waals surface area (Å²) in [5.74, 6) is -1.18. The molecule has 0 spiro atoms. The number of alkyl halides is 2. The lowest BCUT2D eigenvalue weighted by Gasteiger charge is -2.26. The van der Waals surface area contributed by atoms with Crippen molar-refractivity contribution in [3.05, 3.63) is 35.9 Å². The maximum absolute atomic E-state index is 12.3. The molecule has 1 amide bonds. The van der Waals surface area contributed by atoms with E-state index >= 15 is 0 Å². The van der Waals surface area contributed by atoms with E-state index in [-0.39, 0.29) is 12.1 Å². The lowest BCUT2D eigenvalue weighted by atomic mass is 10.0. The molecular formula is C13H16F2N2O. The van der Waals surface area contributed by atoms with Gasteiger partial charge in [-0.2, -0.15) is 8.78 Å². The van der Waals surface area contributed by atoms with Gasteiger partial charge in [0.2, 0.25) is 0 Å². The first-order valence-electron chi connectivity index (χ1n) is 5.93. The summed E-state index contributed by atoms with van der Waals surface area (Å²) in [5, 5.41) is 2.43. The normalized spacial score (nSPS) is 24.4. The second-order valence-corrected chi connectivity index (χ2v) is 4.54. The topological polar surface area (TPSA) is 32.3 Å². The molecule has 1 aromatic rings. The highest BCUT2D eigenvalue weighted by molar-refractivity contribution is 5.79. The van der Waals surface area contributed by atoms with Gasteiger partial charge in [-0.1, -0.05) is 30.3 Å². The molecule has 18 heavy (non-hydrogen) atoms. The number of halogens is 2. The maximum Gasteiger partial charge on any atom is 0.315 e. The van der Waals surface area contributed by atoms with Crippen LogP contribution in [0.3, 0.4) is 0 Å². The Bertz CT molecular complexity index is 411. The van der Waals surface area contributed by atoms with E-state index in [2.05, 4.69) is 10.2 Å². The second-order valence-electron chi connectivity index (χ2n) is 4.54. The fourth-order valence-corrected chi connectivity index (χ4v) is 2.48. The number of rotatable bonds is 3. The summed E-state index contributed by atoms with van der Waals surface area (Å²) in [6.45, 7) is 0.785. The van der Waals surface area contributed by atoms with Gasteiger partial charge in [0.05, 0.1) is 6.04 Å². The van der Waals surface area contributed by atoms with E-state index in [0.717, 1.165) is 12.1 Å². The Balaban J connectivity index is 2.13. The second kappa shape index (κ2) is 5.44. The molecule has 1 fully saturated rings. The van der Waals surface area contributed by atoms with Crippen LogP contribution in [0.2, 0.25) is 0 Å². The third-order valence-corrected chi connectivity index (χ3v) is 3.32. The smallest absolute Gasteiger partial charge is 0.315 e. The van der Waals surface area contributed by atoms with Crippen molar-refractivity contribution in [3.8, 4) is 0 Å². The number of carbonyl (C=O) groups excluding carboxylic acids is 1. The van der Waals surface area contributed by atoms with Crippen molar-refractivity contribution >= 4 is 5.91 Å². The minimum absolute atomic E-state index is 0.0334. The number of hydrogen-bond donors (Lipinski definition) is 1. The van der Waals surface area contributed by atoms with Crippen molar-refractivity contribution in [3.63, 3.8) is 0 Å². The van der Waals surface area contributed by atoms with Crippen molar-refractivity contribution in [2.75, 3.05) is 13.6 Å². The Labute approximate surface area is 105 Å². The summed E-state index contributed by atoms with van der Waals surface area (Å²) in [7, 11) is 1.94. The first-order valence-corrected chi connectivity index (χ1v) is 5.93. The van der Waals surface area contributed by atoms with Crippen molar-refractivity contribution in [1.29, 1.82) is 0 Å². The van der Waals surface area contributed by atoms with Gasteiger partial charge in [-0.3, -0.25) is 9.69 Å². The summed E-state index contributed by atoms with van der Waals surface area (Å²) in [6.07, 6.45) is -2.26. The van der Waals surface area contributed by atoms with Crippen LogP contribution in [0, 0.1) is 0 Å². The fourth-order valence-electron chi connectivity index (χ4n) is 2.48. The monoisotopic (exact) mass is 254 g/mol. The molecule has 0 bridgehead atoms. The van der Waals surface area contributed by atoms with Crippen LogP contribution in [0.4, 0.5) is 8.78 Å². The third-order valence-electron chi connectivity index (χ3n) is 3.32. The number of carbonyl (C=O) groups is 1. The zero-order chi connectivity index (χ0) is 13.1. The van der Waals surface area contributed by atoms with Crippen LogP contribution in [0.5, 0.6) is 0 Å². The van der Waals surface area contributed by atoms with E-state index in [1.807, 2.05) is 37.4 Å². The number of nitrogens with one attached hydrogen (secondary N) is 1. The van der Waals surface area contributed by atoms with Crippen LogP contribution in [0.1, 0.15) is 18.0 Å². The van der Waals surface area contributed by atoms with Crippen molar-refractivity contribution in [2.24, 2.45) is 0 Å². The van der Waals surface area contributed by atoms with Crippen molar-refractivity contribution in [2.45, 2.75) is 24.9 Å². The molecule has 0 aromatic heterocycles. The Hall–Kier alpha value is -1.49. The first kappa shape index (κ1) is 13.0. The highest BCUT2D eigenvalue weighted by Crippen LogP contribution is 2.30. The molecule has 1 saturated heterocycles. The number of likely N-dealkylation sites (N-methyl/N-ethyl adjacent to an activating group) is 1. The predicted octanol–water partition coefficient (Wildman–Crippen LogP) is 1.81. The largest absolute Gasteiger partial charge is 0.346 e.